The van der Waals surface area contributed by atoms with Crippen LogP contribution in [0.3, 0.4) is 0 Å². The molecule has 0 fully saturated rings. The van der Waals surface area contributed by atoms with Gasteiger partial charge >= 0.3 is 11.9 Å². The van der Waals surface area contributed by atoms with Crippen molar-refractivity contribution in [3.8, 4) is 5.69 Å². The van der Waals surface area contributed by atoms with Crippen LogP contribution in [-0.4, -0.2) is 4.57 Å². The molecule has 0 spiro atoms. The van der Waals surface area contributed by atoms with Gasteiger partial charge in [-0.1, -0.05) is 18.2 Å². The van der Waals surface area contributed by atoms with Crippen LogP contribution in [-0.2, 0) is 6.18 Å². The highest BCUT2D eigenvalue weighted by Crippen LogP contribution is 2.30. The summed E-state index contributed by atoms with van der Waals surface area (Å²) in [6.07, 6.45) is -4.58. The molecule has 0 amide bonds. The molecule has 1 heterocycles. The SMILES string of the molecule is O=c1oc2cc(C(F)(F)F)ccc2c(=O)n1-c1ccccc1. The Morgan fingerprint density at radius 2 is 1.64 bits per heavy atom. The fourth-order valence-corrected chi connectivity index (χ4v) is 2.10. The van der Waals surface area contributed by atoms with Gasteiger partial charge in [-0.05, 0) is 30.3 Å². The third kappa shape index (κ3) is 2.30. The van der Waals surface area contributed by atoms with Crippen LogP contribution in [0, 0.1) is 0 Å². The van der Waals surface area contributed by atoms with Crippen LogP contribution in [0.2, 0.25) is 0 Å². The molecule has 2 aromatic carbocycles. The minimum absolute atomic E-state index is 0.101. The summed E-state index contributed by atoms with van der Waals surface area (Å²) >= 11 is 0. The van der Waals surface area contributed by atoms with Gasteiger partial charge in [0.15, 0.2) is 0 Å². The van der Waals surface area contributed by atoms with Gasteiger partial charge in [-0.25, -0.2) is 9.36 Å². The molecule has 4 nitrogen and oxygen atoms in total. The molecule has 1 aromatic heterocycles. The van der Waals surface area contributed by atoms with Crippen LogP contribution >= 0.6 is 0 Å². The number of hydrogen-bond acceptors (Lipinski definition) is 3. The molecule has 112 valence electrons. The Morgan fingerprint density at radius 3 is 2.27 bits per heavy atom. The van der Waals surface area contributed by atoms with Gasteiger partial charge in [0.05, 0.1) is 16.6 Å². The summed E-state index contributed by atoms with van der Waals surface area (Å²) in [5.74, 6) is -1.04. The number of fused-ring (bicyclic) bond motifs is 1. The molecular formula is C15H8F3NO3. The van der Waals surface area contributed by atoms with Crippen molar-refractivity contribution in [2.75, 3.05) is 0 Å². The Hall–Kier alpha value is -2.83. The molecule has 0 saturated heterocycles. The average molecular weight is 307 g/mol. The molecule has 0 aliphatic carbocycles. The number of rotatable bonds is 1. The minimum Gasteiger partial charge on any atom is -0.409 e. The van der Waals surface area contributed by atoms with E-state index < -0.39 is 28.6 Å². The Balaban J connectivity index is 2.32. The van der Waals surface area contributed by atoms with Crippen molar-refractivity contribution in [1.29, 1.82) is 0 Å². The molecule has 7 heteroatoms. The predicted molar refractivity (Wildman–Crippen MR) is 73.1 cm³/mol. The molecular weight excluding hydrogens is 299 g/mol. The van der Waals surface area contributed by atoms with Crippen molar-refractivity contribution >= 4 is 11.0 Å². The largest absolute Gasteiger partial charge is 0.426 e. The van der Waals surface area contributed by atoms with Crippen LogP contribution < -0.4 is 11.3 Å². The number of halogens is 3. The van der Waals surface area contributed by atoms with Gasteiger partial charge in [0.1, 0.15) is 5.58 Å². The second-order valence-electron chi connectivity index (χ2n) is 4.55. The predicted octanol–water partition coefficient (Wildman–Crippen LogP) is 2.96. The van der Waals surface area contributed by atoms with Gasteiger partial charge in [0, 0.05) is 0 Å². The highest BCUT2D eigenvalue weighted by Gasteiger charge is 2.31. The lowest BCUT2D eigenvalue weighted by atomic mass is 10.1. The number of nitrogens with zero attached hydrogens (tertiary/aromatic N) is 1. The van der Waals surface area contributed by atoms with E-state index in [1.54, 1.807) is 18.2 Å². The quantitative estimate of drug-likeness (QED) is 0.694. The number of aromatic nitrogens is 1. The van der Waals surface area contributed by atoms with Crippen LogP contribution in [0.5, 0.6) is 0 Å². The summed E-state index contributed by atoms with van der Waals surface area (Å²) in [5.41, 5.74) is -1.83. The maximum absolute atomic E-state index is 12.7. The van der Waals surface area contributed by atoms with Gasteiger partial charge in [-0.2, -0.15) is 13.2 Å². The highest BCUT2D eigenvalue weighted by atomic mass is 19.4. The molecule has 0 aliphatic heterocycles. The van der Waals surface area contributed by atoms with Crippen molar-refractivity contribution in [1.82, 2.24) is 4.57 Å². The summed E-state index contributed by atoms with van der Waals surface area (Å²) < 4.78 is 43.6. The van der Waals surface area contributed by atoms with Crippen LogP contribution in [0.25, 0.3) is 16.7 Å². The first-order chi connectivity index (χ1) is 10.4. The molecule has 0 N–H and O–H groups in total. The number of benzene rings is 2. The fraction of sp³-hybridized carbons (Fsp3) is 0.0667. The van der Waals surface area contributed by atoms with Crippen LogP contribution in [0.1, 0.15) is 5.56 Å². The van der Waals surface area contributed by atoms with Crippen molar-refractivity contribution in [2.45, 2.75) is 6.18 Å². The molecule has 3 aromatic rings. The maximum atomic E-state index is 12.7. The lowest BCUT2D eigenvalue weighted by Crippen LogP contribution is -2.31. The third-order valence-electron chi connectivity index (χ3n) is 3.14. The van der Waals surface area contributed by atoms with E-state index in [1.165, 1.54) is 12.1 Å². The normalized spacial score (nSPS) is 11.8. The zero-order chi connectivity index (χ0) is 15.9. The third-order valence-corrected chi connectivity index (χ3v) is 3.14. The molecule has 0 saturated carbocycles. The van der Waals surface area contributed by atoms with Crippen molar-refractivity contribution in [2.24, 2.45) is 0 Å². The molecule has 3 rings (SSSR count). The molecule has 22 heavy (non-hydrogen) atoms. The smallest absolute Gasteiger partial charge is 0.409 e. The Labute approximate surface area is 121 Å². The Kier molecular flexibility index (Phi) is 3.13. The summed E-state index contributed by atoms with van der Waals surface area (Å²) in [5, 5.41) is -0.101. The van der Waals surface area contributed by atoms with Crippen molar-refractivity contribution in [3.05, 3.63) is 75.0 Å². The van der Waals surface area contributed by atoms with E-state index in [2.05, 4.69) is 0 Å². The maximum Gasteiger partial charge on any atom is 0.426 e. The van der Waals surface area contributed by atoms with Gasteiger partial charge in [-0.3, -0.25) is 4.79 Å². The summed E-state index contributed by atoms with van der Waals surface area (Å²) in [6.45, 7) is 0. The highest BCUT2D eigenvalue weighted by molar-refractivity contribution is 5.76. The minimum atomic E-state index is -4.58. The molecule has 0 bridgehead atoms. The zero-order valence-corrected chi connectivity index (χ0v) is 10.9. The molecule has 0 atom stereocenters. The van der Waals surface area contributed by atoms with Crippen LogP contribution in [0.15, 0.2) is 62.5 Å². The first kappa shape index (κ1) is 14.1. The molecule has 0 radical (unpaired) electrons. The number of hydrogen-bond donors (Lipinski definition) is 0. The molecule has 0 unspecified atom stereocenters. The standard InChI is InChI=1S/C15H8F3NO3/c16-15(17,18)9-6-7-11-12(8-9)22-14(21)19(13(11)20)10-4-2-1-3-5-10/h1-8H. The van der Waals surface area contributed by atoms with E-state index >= 15 is 0 Å². The summed E-state index contributed by atoms with van der Waals surface area (Å²) in [4.78, 5) is 24.3. The summed E-state index contributed by atoms with van der Waals surface area (Å²) in [7, 11) is 0. The van der Waals surface area contributed by atoms with Crippen molar-refractivity contribution < 1.29 is 17.6 Å². The van der Waals surface area contributed by atoms with Crippen LogP contribution in [0.4, 0.5) is 13.2 Å². The average Bonchev–Trinajstić information content (AvgIpc) is 2.47. The van der Waals surface area contributed by atoms with E-state index in [0.717, 1.165) is 16.7 Å². The number of para-hydroxylation sites is 1. The number of alkyl halides is 3. The summed E-state index contributed by atoms with van der Waals surface area (Å²) in [6, 6.07) is 10.4. The van der Waals surface area contributed by atoms with Gasteiger partial charge in [0.25, 0.3) is 5.56 Å². The van der Waals surface area contributed by atoms with Gasteiger partial charge < -0.3 is 4.42 Å². The fourth-order valence-electron chi connectivity index (χ4n) is 2.10. The van der Waals surface area contributed by atoms with Gasteiger partial charge in [-0.15, -0.1) is 0 Å². The van der Waals surface area contributed by atoms with E-state index in [-0.39, 0.29) is 11.1 Å². The Bertz CT molecular complexity index is 956. The van der Waals surface area contributed by atoms with E-state index in [4.69, 9.17) is 4.42 Å². The second kappa shape index (κ2) is 4.87. The first-order valence-electron chi connectivity index (χ1n) is 6.20. The molecule has 0 aliphatic rings. The topological polar surface area (TPSA) is 52.2 Å². The first-order valence-corrected chi connectivity index (χ1v) is 6.20. The Morgan fingerprint density at radius 1 is 0.955 bits per heavy atom. The lowest BCUT2D eigenvalue weighted by Gasteiger charge is -2.08. The van der Waals surface area contributed by atoms with E-state index in [9.17, 15) is 22.8 Å². The van der Waals surface area contributed by atoms with E-state index in [0.29, 0.717) is 6.07 Å². The van der Waals surface area contributed by atoms with E-state index in [1.807, 2.05) is 0 Å². The monoisotopic (exact) mass is 307 g/mol. The van der Waals surface area contributed by atoms with Crippen molar-refractivity contribution in [3.63, 3.8) is 0 Å². The second-order valence-corrected chi connectivity index (χ2v) is 4.55. The zero-order valence-electron chi connectivity index (χ0n) is 10.9. The van der Waals surface area contributed by atoms with Gasteiger partial charge in [0.2, 0.25) is 0 Å². The lowest BCUT2D eigenvalue weighted by molar-refractivity contribution is -0.137.